The zero-order chi connectivity index (χ0) is 27.6. The van der Waals surface area contributed by atoms with Crippen LogP contribution in [0.4, 0.5) is 0 Å². The number of unbranched alkanes of at least 4 members (excludes halogenated alkanes) is 4. The molecule has 0 bridgehead atoms. The van der Waals surface area contributed by atoms with E-state index >= 15 is 0 Å². The third-order valence-electron chi connectivity index (χ3n) is 6.20. The van der Waals surface area contributed by atoms with Gasteiger partial charge in [-0.15, -0.1) is 0 Å². The normalized spacial score (nSPS) is 12.6. The fourth-order valence-corrected chi connectivity index (χ4v) is 4.16. The molecular weight excluding hydrogens is 472 g/mol. The summed E-state index contributed by atoms with van der Waals surface area (Å²) in [5.41, 5.74) is 3.77. The molecule has 202 valence electrons. The molecule has 0 spiro atoms. The number of carbonyl (C=O) groups is 2. The molecule has 2 atom stereocenters. The van der Waals surface area contributed by atoms with Crippen molar-refractivity contribution in [3.05, 3.63) is 95.6 Å². The van der Waals surface area contributed by atoms with Gasteiger partial charge in [0.2, 0.25) is 0 Å². The summed E-state index contributed by atoms with van der Waals surface area (Å²) in [7, 11) is 0. The van der Waals surface area contributed by atoms with Gasteiger partial charge >= 0.3 is 11.9 Å². The highest BCUT2D eigenvalue weighted by molar-refractivity contribution is 5.67. The van der Waals surface area contributed by atoms with Crippen LogP contribution in [-0.4, -0.2) is 24.1 Å². The molecule has 0 saturated heterocycles. The quantitative estimate of drug-likeness (QED) is 0.106. The van der Waals surface area contributed by atoms with Gasteiger partial charge in [-0.3, -0.25) is 9.59 Å². The highest BCUT2D eigenvalue weighted by atomic mass is 16.5. The highest BCUT2D eigenvalue weighted by Crippen LogP contribution is 2.22. The Morgan fingerprint density at radius 3 is 1.97 bits per heavy atom. The van der Waals surface area contributed by atoms with Crippen LogP contribution in [0.5, 0.6) is 0 Å². The van der Waals surface area contributed by atoms with Crippen molar-refractivity contribution in [2.75, 3.05) is 0 Å². The number of rotatable bonds is 15. The Balaban J connectivity index is 2.25. The number of benzene rings is 2. The maximum absolute atomic E-state index is 12.0. The van der Waals surface area contributed by atoms with Gasteiger partial charge in [-0.2, -0.15) is 0 Å². The summed E-state index contributed by atoms with van der Waals surface area (Å²) in [6, 6.07) is 20.2. The van der Waals surface area contributed by atoms with E-state index in [0.717, 1.165) is 37.7 Å². The summed E-state index contributed by atoms with van der Waals surface area (Å²) < 4.78 is 11.2. The Hall–Kier alpha value is -3.58. The molecule has 2 aromatic rings. The monoisotopic (exact) mass is 514 g/mol. The molecule has 2 aromatic carbocycles. The zero-order valence-electron chi connectivity index (χ0n) is 23.2. The van der Waals surface area contributed by atoms with Crippen LogP contribution in [0.1, 0.15) is 76.8 Å². The van der Waals surface area contributed by atoms with Crippen molar-refractivity contribution in [1.82, 2.24) is 0 Å². The lowest BCUT2D eigenvalue weighted by Gasteiger charge is -2.20. The average Bonchev–Trinajstić information content (AvgIpc) is 2.91. The van der Waals surface area contributed by atoms with Crippen LogP contribution in [0, 0.1) is 11.8 Å². The molecule has 4 nitrogen and oxygen atoms in total. The van der Waals surface area contributed by atoms with Gasteiger partial charge in [0.05, 0.1) is 0 Å². The van der Waals surface area contributed by atoms with Crippen LogP contribution in [0.15, 0.2) is 84.5 Å². The Labute approximate surface area is 229 Å². The second-order valence-electron chi connectivity index (χ2n) is 9.51. The number of ether oxygens (including phenoxy) is 2. The second kappa shape index (κ2) is 17.8. The maximum atomic E-state index is 12.0. The van der Waals surface area contributed by atoms with E-state index in [2.05, 4.69) is 55.7 Å². The molecule has 0 fully saturated rings. The Morgan fingerprint density at radius 2 is 1.42 bits per heavy atom. The number of aryl methyl sites for hydroxylation is 2. The van der Waals surface area contributed by atoms with Crippen LogP contribution in [-0.2, 0) is 31.9 Å². The Kier molecular flexibility index (Phi) is 14.4. The average molecular weight is 515 g/mol. The SMILES string of the molecule is C=C(/C(C#CC(CCc1ccccc1)OC(C)=O)=C\CCCCCC)C(CCc1ccccc1)OC(C)=O. The van der Waals surface area contributed by atoms with E-state index in [1.807, 2.05) is 36.4 Å². The Morgan fingerprint density at radius 1 is 0.842 bits per heavy atom. The summed E-state index contributed by atoms with van der Waals surface area (Å²) in [4.78, 5) is 23.7. The lowest BCUT2D eigenvalue weighted by molar-refractivity contribution is -0.145. The van der Waals surface area contributed by atoms with Crippen LogP contribution >= 0.6 is 0 Å². The summed E-state index contributed by atoms with van der Waals surface area (Å²) in [6.45, 7) is 9.33. The number of carbonyl (C=O) groups excluding carboxylic acids is 2. The topological polar surface area (TPSA) is 52.6 Å². The van der Waals surface area contributed by atoms with Crippen molar-refractivity contribution in [3.8, 4) is 11.8 Å². The van der Waals surface area contributed by atoms with Crippen molar-refractivity contribution in [1.29, 1.82) is 0 Å². The third-order valence-corrected chi connectivity index (χ3v) is 6.20. The first kappa shape index (κ1) is 30.6. The highest BCUT2D eigenvalue weighted by Gasteiger charge is 2.19. The molecule has 2 rings (SSSR count). The van der Waals surface area contributed by atoms with Crippen molar-refractivity contribution in [2.45, 2.75) is 90.8 Å². The minimum absolute atomic E-state index is 0.347. The van der Waals surface area contributed by atoms with Gasteiger partial charge < -0.3 is 9.47 Å². The van der Waals surface area contributed by atoms with E-state index in [1.165, 1.54) is 37.8 Å². The molecular formula is C34H42O4. The van der Waals surface area contributed by atoms with E-state index in [1.54, 1.807) is 0 Å². The molecule has 0 N–H and O–H groups in total. The second-order valence-corrected chi connectivity index (χ2v) is 9.51. The summed E-state index contributed by atoms with van der Waals surface area (Å²) in [6.07, 6.45) is 9.18. The fraction of sp³-hybridized carbons (Fsp3) is 0.412. The van der Waals surface area contributed by atoms with Crippen molar-refractivity contribution >= 4 is 11.9 Å². The molecule has 4 heteroatoms. The van der Waals surface area contributed by atoms with Crippen LogP contribution < -0.4 is 0 Å². The first-order chi connectivity index (χ1) is 18.4. The summed E-state index contributed by atoms with van der Waals surface area (Å²) in [5.74, 6) is 5.71. The lowest BCUT2D eigenvalue weighted by atomic mass is 9.95. The number of allylic oxidation sites excluding steroid dienone is 1. The van der Waals surface area contributed by atoms with Gasteiger partial charge in [-0.25, -0.2) is 0 Å². The van der Waals surface area contributed by atoms with E-state index in [4.69, 9.17) is 9.47 Å². The standard InChI is InChI=1S/C34H42O4/c1-5-6-7-8-15-20-32(23-25-33(37-28(3)35)24-21-30-16-11-9-12-17-30)27(2)34(38-29(4)36)26-22-31-18-13-10-14-19-31/h9-14,16-20,33-34H,2,5-8,15,21-22,24,26H2,1,3-4H3/b32-20-. The van der Waals surface area contributed by atoms with Crippen LogP contribution in [0.3, 0.4) is 0 Å². The van der Waals surface area contributed by atoms with Crippen molar-refractivity contribution < 1.29 is 19.1 Å². The van der Waals surface area contributed by atoms with Gasteiger partial charge in [-0.1, -0.05) is 111 Å². The first-order valence-corrected chi connectivity index (χ1v) is 13.7. The molecule has 0 amide bonds. The predicted molar refractivity (Wildman–Crippen MR) is 154 cm³/mol. The smallest absolute Gasteiger partial charge is 0.303 e. The van der Waals surface area contributed by atoms with Crippen molar-refractivity contribution in [2.24, 2.45) is 0 Å². The van der Waals surface area contributed by atoms with Gasteiger partial charge in [-0.05, 0) is 49.7 Å². The lowest BCUT2D eigenvalue weighted by Crippen LogP contribution is -2.21. The van der Waals surface area contributed by atoms with Crippen LogP contribution in [0.2, 0.25) is 0 Å². The summed E-state index contributed by atoms with van der Waals surface area (Å²) >= 11 is 0. The molecule has 0 radical (unpaired) electrons. The van der Waals surface area contributed by atoms with E-state index in [-0.39, 0.29) is 11.9 Å². The molecule has 2 unspecified atom stereocenters. The van der Waals surface area contributed by atoms with Gasteiger partial charge in [0.25, 0.3) is 0 Å². The predicted octanol–water partition coefficient (Wildman–Crippen LogP) is 7.57. The van der Waals surface area contributed by atoms with Crippen LogP contribution in [0.25, 0.3) is 0 Å². The minimum atomic E-state index is -0.541. The maximum Gasteiger partial charge on any atom is 0.303 e. The molecule has 0 aliphatic carbocycles. The zero-order valence-corrected chi connectivity index (χ0v) is 23.2. The largest absolute Gasteiger partial charge is 0.458 e. The van der Waals surface area contributed by atoms with E-state index in [0.29, 0.717) is 18.4 Å². The molecule has 0 aliphatic heterocycles. The Bertz CT molecular complexity index is 1090. The van der Waals surface area contributed by atoms with E-state index in [9.17, 15) is 9.59 Å². The molecule has 0 saturated carbocycles. The molecule has 0 aromatic heterocycles. The molecule has 0 aliphatic rings. The number of esters is 2. The van der Waals surface area contributed by atoms with Crippen molar-refractivity contribution in [3.63, 3.8) is 0 Å². The van der Waals surface area contributed by atoms with Gasteiger partial charge in [0.15, 0.2) is 6.10 Å². The first-order valence-electron chi connectivity index (χ1n) is 13.7. The number of hydrogen-bond acceptors (Lipinski definition) is 4. The van der Waals surface area contributed by atoms with Gasteiger partial charge in [0.1, 0.15) is 6.10 Å². The molecule has 38 heavy (non-hydrogen) atoms. The molecule has 0 heterocycles. The number of hydrogen-bond donors (Lipinski definition) is 0. The summed E-state index contributed by atoms with van der Waals surface area (Å²) in [5, 5.41) is 0. The van der Waals surface area contributed by atoms with Gasteiger partial charge in [0, 0.05) is 25.0 Å². The van der Waals surface area contributed by atoms with E-state index < -0.39 is 12.2 Å². The third kappa shape index (κ3) is 12.6. The minimum Gasteiger partial charge on any atom is -0.458 e. The fourth-order valence-electron chi connectivity index (χ4n) is 4.16.